The van der Waals surface area contributed by atoms with Gasteiger partial charge in [-0.3, -0.25) is 4.79 Å². The fourth-order valence-corrected chi connectivity index (χ4v) is 2.98. The molecule has 2 aromatic rings. The SMILES string of the molecule is CCC(Sc1ccc(C)cc1)C(=O)Nc1cccc(OC)c1. The lowest BCUT2D eigenvalue weighted by atomic mass is 10.2. The van der Waals surface area contributed by atoms with Gasteiger partial charge in [-0.15, -0.1) is 11.8 Å². The topological polar surface area (TPSA) is 38.3 Å². The number of ether oxygens (including phenoxy) is 1. The number of carbonyl (C=O) groups excluding carboxylic acids is 1. The molecular formula is C18H21NO2S. The van der Waals surface area contributed by atoms with Gasteiger partial charge in [0.2, 0.25) is 5.91 Å². The molecule has 22 heavy (non-hydrogen) atoms. The first-order chi connectivity index (χ1) is 10.6. The van der Waals surface area contributed by atoms with Gasteiger partial charge in [-0.05, 0) is 37.6 Å². The lowest BCUT2D eigenvalue weighted by Crippen LogP contribution is -2.24. The maximum atomic E-state index is 12.4. The van der Waals surface area contributed by atoms with Crippen LogP contribution in [0.5, 0.6) is 5.75 Å². The van der Waals surface area contributed by atoms with Crippen molar-refractivity contribution in [2.45, 2.75) is 30.4 Å². The second-order valence-electron chi connectivity index (χ2n) is 5.05. The summed E-state index contributed by atoms with van der Waals surface area (Å²) in [5.41, 5.74) is 1.98. The summed E-state index contributed by atoms with van der Waals surface area (Å²) in [7, 11) is 1.61. The zero-order chi connectivity index (χ0) is 15.9. The molecule has 0 aliphatic rings. The van der Waals surface area contributed by atoms with Crippen LogP contribution in [-0.4, -0.2) is 18.3 Å². The highest BCUT2D eigenvalue weighted by atomic mass is 32.2. The molecule has 0 aliphatic carbocycles. The Balaban J connectivity index is 2.03. The Bertz CT molecular complexity index is 625. The number of aryl methyl sites for hydroxylation is 1. The number of hydrogen-bond acceptors (Lipinski definition) is 3. The Kier molecular flexibility index (Phi) is 5.90. The van der Waals surface area contributed by atoms with E-state index >= 15 is 0 Å². The molecule has 0 radical (unpaired) electrons. The van der Waals surface area contributed by atoms with Crippen LogP contribution < -0.4 is 10.1 Å². The van der Waals surface area contributed by atoms with Gasteiger partial charge in [0.05, 0.1) is 12.4 Å². The van der Waals surface area contributed by atoms with Crippen LogP contribution in [0.15, 0.2) is 53.4 Å². The molecule has 0 saturated carbocycles. The monoisotopic (exact) mass is 315 g/mol. The van der Waals surface area contributed by atoms with E-state index in [2.05, 4.69) is 36.5 Å². The zero-order valence-corrected chi connectivity index (χ0v) is 13.9. The number of methoxy groups -OCH3 is 1. The second-order valence-corrected chi connectivity index (χ2v) is 6.33. The number of rotatable bonds is 6. The molecule has 0 heterocycles. The van der Waals surface area contributed by atoms with Gasteiger partial charge in [-0.25, -0.2) is 0 Å². The van der Waals surface area contributed by atoms with Gasteiger partial charge in [-0.1, -0.05) is 30.7 Å². The van der Waals surface area contributed by atoms with Gasteiger partial charge in [0.15, 0.2) is 0 Å². The van der Waals surface area contributed by atoms with E-state index in [0.717, 1.165) is 22.8 Å². The average molecular weight is 315 g/mol. The number of nitrogens with one attached hydrogen (secondary N) is 1. The molecule has 4 heteroatoms. The van der Waals surface area contributed by atoms with Crippen LogP contribution in [0.3, 0.4) is 0 Å². The number of carbonyl (C=O) groups is 1. The Labute approximate surface area is 136 Å². The number of amides is 1. The van der Waals surface area contributed by atoms with Crippen LogP contribution in [0, 0.1) is 6.92 Å². The fraction of sp³-hybridized carbons (Fsp3) is 0.278. The third-order valence-electron chi connectivity index (χ3n) is 3.30. The van der Waals surface area contributed by atoms with Crippen LogP contribution in [0.1, 0.15) is 18.9 Å². The van der Waals surface area contributed by atoms with E-state index in [9.17, 15) is 4.79 Å². The molecule has 1 atom stereocenters. The molecule has 116 valence electrons. The first-order valence-corrected chi connectivity index (χ1v) is 8.18. The van der Waals surface area contributed by atoms with Gasteiger partial charge in [0, 0.05) is 16.6 Å². The van der Waals surface area contributed by atoms with E-state index < -0.39 is 0 Å². The minimum atomic E-state index is -0.117. The summed E-state index contributed by atoms with van der Waals surface area (Å²) in [6.45, 7) is 4.08. The molecular weight excluding hydrogens is 294 g/mol. The molecule has 0 spiro atoms. The molecule has 3 nitrogen and oxygen atoms in total. The molecule has 0 saturated heterocycles. The van der Waals surface area contributed by atoms with Crippen molar-refractivity contribution >= 4 is 23.4 Å². The molecule has 0 aromatic heterocycles. The average Bonchev–Trinajstić information content (AvgIpc) is 2.54. The molecule has 2 aromatic carbocycles. The van der Waals surface area contributed by atoms with E-state index in [-0.39, 0.29) is 11.2 Å². The van der Waals surface area contributed by atoms with E-state index in [1.165, 1.54) is 5.56 Å². The maximum Gasteiger partial charge on any atom is 0.237 e. The van der Waals surface area contributed by atoms with Gasteiger partial charge in [0.1, 0.15) is 5.75 Å². The van der Waals surface area contributed by atoms with Crippen LogP contribution in [0.25, 0.3) is 0 Å². The summed E-state index contributed by atoms with van der Waals surface area (Å²) in [6, 6.07) is 15.6. The summed E-state index contributed by atoms with van der Waals surface area (Å²) >= 11 is 1.59. The van der Waals surface area contributed by atoms with Crippen molar-refractivity contribution in [1.29, 1.82) is 0 Å². The lowest BCUT2D eigenvalue weighted by molar-refractivity contribution is -0.115. The summed E-state index contributed by atoms with van der Waals surface area (Å²) in [5.74, 6) is 0.748. The second kappa shape index (κ2) is 7.90. The van der Waals surface area contributed by atoms with Crippen LogP contribution in [0.2, 0.25) is 0 Å². The third kappa shape index (κ3) is 4.53. The minimum Gasteiger partial charge on any atom is -0.497 e. The summed E-state index contributed by atoms with van der Waals surface area (Å²) < 4.78 is 5.17. The Morgan fingerprint density at radius 3 is 2.59 bits per heavy atom. The first kappa shape index (κ1) is 16.4. The highest BCUT2D eigenvalue weighted by Crippen LogP contribution is 2.27. The molecule has 2 rings (SSSR count). The van der Waals surface area contributed by atoms with E-state index in [4.69, 9.17) is 4.74 Å². The smallest absolute Gasteiger partial charge is 0.237 e. The molecule has 1 N–H and O–H groups in total. The van der Waals surface area contributed by atoms with Crippen LogP contribution in [-0.2, 0) is 4.79 Å². The molecule has 0 aliphatic heterocycles. The largest absolute Gasteiger partial charge is 0.497 e. The molecule has 0 bridgehead atoms. The standard InChI is InChI=1S/C18H21NO2S/c1-4-17(22-16-10-8-13(2)9-11-16)18(20)19-14-6-5-7-15(12-14)21-3/h5-12,17H,4H2,1-3H3,(H,19,20). The predicted octanol–water partition coefficient (Wildman–Crippen LogP) is 4.51. The van der Waals surface area contributed by atoms with Crippen molar-refractivity contribution in [3.8, 4) is 5.75 Å². The normalized spacial score (nSPS) is 11.8. The van der Waals surface area contributed by atoms with Gasteiger partial charge >= 0.3 is 0 Å². The van der Waals surface area contributed by atoms with Gasteiger partial charge in [-0.2, -0.15) is 0 Å². The number of hydrogen-bond donors (Lipinski definition) is 1. The Morgan fingerprint density at radius 2 is 1.95 bits per heavy atom. The molecule has 0 fully saturated rings. The molecule has 1 unspecified atom stereocenters. The number of benzene rings is 2. The van der Waals surface area contributed by atoms with Crippen molar-refractivity contribution in [3.63, 3.8) is 0 Å². The highest BCUT2D eigenvalue weighted by Gasteiger charge is 2.18. The Hall–Kier alpha value is -1.94. The highest BCUT2D eigenvalue weighted by molar-refractivity contribution is 8.00. The Morgan fingerprint density at radius 1 is 1.23 bits per heavy atom. The fourth-order valence-electron chi connectivity index (χ4n) is 2.03. The van der Waals surface area contributed by atoms with E-state index in [1.54, 1.807) is 18.9 Å². The van der Waals surface area contributed by atoms with Gasteiger partial charge in [0.25, 0.3) is 0 Å². The third-order valence-corrected chi connectivity index (χ3v) is 4.68. The van der Waals surface area contributed by atoms with E-state index in [1.807, 2.05) is 31.2 Å². The number of thioether (sulfide) groups is 1. The first-order valence-electron chi connectivity index (χ1n) is 7.30. The maximum absolute atomic E-state index is 12.4. The quantitative estimate of drug-likeness (QED) is 0.797. The van der Waals surface area contributed by atoms with Crippen molar-refractivity contribution in [2.24, 2.45) is 0 Å². The summed E-state index contributed by atoms with van der Waals surface area (Å²) in [5, 5.41) is 2.84. The zero-order valence-electron chi connectivity index (χ0n) is 13.1. The number of anilines is 1. The van der Waals surface area contributed by atoms with Crippen LogP contribution >= 0.6 is 11.8 Å². The van der Waals surface area contributed by atoms with Crippen LogP contribution in [0.4, 0.5) is 5.69 Å². The summed E-state index contributed by atoms with van der Waals surface area (Å²) in [6.07, 6.45) is 0.772. The lowest BCUT2D eigenvalue weighted by Gasteiger charge is -2.15. The van der Waals surface area contributed by atoms with E-state index in [0.29, 0.717) is 0 Å². The minimum absolute atomic E-state index is 0.0151. The summed E-state index contributed by atoms with van der Waals surface area (Å²) in [4.78, 5) is 13.6. The molecule has 1 amide bonds. The van der Waals surface area contributed by atoms with Crippen molar-refractivity contribution in [2.75, 3.05) is 12.4 Å². The predicted molar refractivity (Wildman–Crippen MR) is 92.7 cm³/mol. The van der Waals surface area contributed by atoms with Crippen molar-refractivity contribution in [1.82, 2.24) is 0 Å². The van der Waals surface area contributed by atoms with Crippen molar-refractivity contribution in [3.05, 3.63) is 54.1 Å². The van der Waals surface area contributed by atoms with Crippen molar-refractivity contribution < 1.29 is 9.53 Å². The van der Waals surface area contributed by atoms with Gasteiger partial charge < -0.3 is 10.1 Å².